The quantitative estimate of drug-likeness (QED) is 0.108. The van der Waals surface area contributed by atoms with Crippen LogP contribution in [0.3, 0.4) is 0 Å². The lowest BCUT2D eigenvalue weighted by Gasteiger charge is -2.38. The summed E-state index contributed by atoms with van der Waals surface area (Å²) in [6.07, 6.45) is 11.2. The Morgan fingerprint density at radius 2 is 1.66 bits per heavy atom. The number of hydrogen-bond donors (Lipinski definition) is 3. The molecule has 2 aliphatic rings. The number of Topliss-reactive ketones (excluding diaryl/α,β-unsaturated/α-hetero) is 1. The zero-order valence-electron chi connectivity index (χ0n) is 35.8. The van der Waals surface area contributed by atoms with Crippen molar-refractivity contribution in [1.82, 2.24) is 4.90 Å². The van der Waals surface area contributed by atoms with Crippen LogP contribution in [0, 0.1) is 35.5 Å². The van der Waals surface area contributed by atoms with Gasteiger partial charge in [-0.3, -0.25) is 9.59 Å². The number of fused-ring (bicyclic) bond motifs is 2. The van der Waals surface area contributed by atoms with Gasteiger partial charge in [-0.1, -0.05) is 77.5 Å². The summed E-state index contributed by atoms with van der Waals surface area (Å²) in [5.41, 5.74) is 0.771. The topological polar surface area (TPSA) is 161 Å². The van der Waals surface area contributed by atoms with Gasteiger partial charge < -0.3 is 43.9 Å². The summed E-state index contributed by atoms with van der Waals surface area (Å²) < 4.78 is 30.0. The van der Waals surface area contributed by atoms with Gasteiger partial charge in [0, 0.05) is 95.9 Å². The predicted octanol–water partition coefficient (Wildman–Crippen LogP) is 5.58. The van der Waals surface area contributed by atoms with E-state index in [0.29, 0.717) is 32.1 Å². The first-order valence-corrected chi connectivity index (χ1v) is 20.4. The highest BCUT2D eigenvalue weighted by Gasteiger charge is 2.40. The summed E-state index contributed by atoms with van der Waals surface area (Å²) in [6.45, 7) is 13.1. The van der Waals surface area contributed by atoms with E-state index in [1.807, 2.05) is 59.8 Å². The zero-order valence-corrected chi connectivity index (χ0v) is 35.8. The Hall–Kier alpha value is -2.71. The molecule has 2 heterocycles. The number of allylic oxidation sites excluding steroid dienone is 2. The molecule has 0 aliphatic carbocycles. The molecule has 2 bridgehead atoms. The van der Waals surface area contributed by atoms with E-state index in [1.165, 1.54) is 11.0 Å². The van der Waals surface area contributed by atoms with E-state index >= 15 is 0 Å². The average molecular weight is 792 g/mol. The molecule has 12 nitrogen and oxygen atoms in total. The summed E-state index contributed by atoms with van der Waals surface area (Å²) in [5, 5.41) is 34.2. The van der Waals surface area contributed by atoms with Crippen LogP contribution in [0.25, 0.3) is 0 Å². The Bertz CT molecular complexity index is 1320. The fourth-order valence-corrected chi connectivity index (χ4v) is 8.01. The molecule has 0 fully saturated rings. The fraction of sp³-hybridized carbons (Fsp3) is 0.750. The molecule has 0 aromatic heterocycles. The molecule has 3 N–H and O–H groups in total. The van der Waals surface area contributed by atoms with Gasteiger partial charge in [0.15, 0.2) is 0 Å². The predicted molar refractivity (Wildman–Crippen MR) is 216 cm³/mol. The van der Waals surface area contributed by atoms with Crippen LogP contribution in [-0.2, 0) is 38.1 Å². The number of amides is 1. The van der Waals surface area contributed by atoms with Gasteiger partial charge in [0.1, 0.15) is 11.9 Å². The van der Waals surface area contributed by atoms with Crippen molar-refractivity contribution in [2.24, 2.45) is 35.5 Å². The maximum atomic E-state index is 13.4. The lowest BCUT2D eigenvalue weighted by Crippen LogP contribution is -2.46. The minimum atomic E-state index is -0.967. The van der Waals surface area contributed by atoms with E-state index in [1.54, 1.807) is 47.6 Å². The second kappa shape index (κ2) is 24.9. The molecule has 2 aliphatic heterocycles. The molecule has 56 heavy (non-hydrogen) atoms. The Labute approximate surface area is 336 Å². The molecule has 1 amide bonds. The largest absolute Gasteiger partial charge is 0.458 e. The van der Waals surface area contributed by atoms with Crippen LogP contribution in [0.4, 0.5) is 0 Å². The Kier molecular flexibility index (Phi) is 22.0. The van der Waals surface area contributed by atoms with E-state index in [-0.39, 0.29) is 54.7 Å². The normalized spacial score (nSPS) is 32.0. The molecular weight excluding hydrogens is 718 g/mol. The lowest BCUT2D eigenvalue weighted by atomic mass is 9.78. The zero-order chi connectivity index (χ0) is 42.1. The molecular formula is C44H73NO11. The first-order chi connectivity index (χ1) is 26.5. The van der Waals surface area contributed by atoms with Crippen LogP contribution in [0.15, 0.2) is 48.2 Å². The van der Waals surface area contributed by atoms with Crippen LogP contribution >= 0.6 is 0 Å². The number of ether oxygens (including phenoxy) is 5. The van der Waals surface area contributed by atoms with Gasteiger partial charge in [0.05, 0.1) is 48.8 Å². The summed E-state index contributed by atoms with van der Waals surface area (Å²) in [7, 11) is 6.46. The monoisotopic (exact) mass is 792 g/mol. The van der Waals surface area contributed by atoms with Crippen molar-refractivity contribution in [2.75, 3.05) is 28.4 Å². The molecule has 0 radical (unpaired) electrons. The van der Waals surface area contributed by atoms with Crippen molar-refractivity contribution in [3.8, 4) is 0 Å². The standard InChI is InChI=1S/C44H73NO11/c1-27-15-18-34(47)23-35-13-12-14-36(55-35)24-39(52-9)32(6)40(53-10)25-38(49)31(5)44(56-41(50)20-16-27)33(7)42(51)28(2)17-19-37(48)30(4)43(54-11)29(3)21-22-45(8)26-46/h12-13,15-16,20-22,26,28-36,38-40,42-44,47,49,51H,14,17-19,23-25H2,1-11H3/b20-16?,22-21+,27-15?/t28-,29+,30-,31-,32+,33-,34-,35-,36-,38+,39-,40-,42-,43+,44-/m0/s1. The summed E-state index contributed by atoms with van der Waals surface area (Å²) in [4.78, 5) is 39.1. The van der Waals surface area contributed by atoms with E-state index in [9.17, 15) is 29.7 Å². The van der Waals surface area contributed by atoms with Crippen LogP contribution in [0.5, 0.6) is 0 Å². The lowest BCUT2D eigenvalue weighted by molar-refractivity contribution is -0.157. The number of rotatable bonds is 15. The number of ketones is 1. The second-order valence-electron chi connectivity index (χ2n) is 16.4. The smallest absolute Gasteiger partial charge is 0.331 e. The number of aliphatic hydroxyl groups excluding tert-OH is 3. The summed E-state index contributed by atoms with van der Waals surface area (Å²) in [5.74, 6) is -2.88. The molecule has 12 heteroatoms. The highest BCUT2D eigenvalue weighted by atomic mass is 16.5. The number of nitrogens with zero attached hydrogens (tertiary/aromatic N) is 1. The summed E-state index contributed by atoms with van der Waals surface area (Å²) >= 11 is 0. The first-order valence-electron chi connectivity index (χ1n) is 20.4. The van der Waals surface area contributed by atoms with Gasteiger partial charge in [-0.25, -0.2) is 4.79 Å². The maximum absolute atomic E-state index is 13.4. The fourth-order valence-electron chi connectivity index (χ4n) is 8.01. The van der Waals surface area contributed by atoms with Gasteiger partial charge in [0.25, 0.3) is 0 Å². The molecule has 0 saturated heterocycles. The van der Waals surface area contributed by atoms with Gasteiger partial charge in [-0.2, -0.15) is 0 Å². The second-order valence-corrected chi connectivity index (χ2v) is 16.4. The third kappa shape index (κ3) is 15.6. The van der Waals surface area contributed by atoms with Crippen LogP contribution < -0.4 is 0 Å². The van der Waals surface area contributed by atoms with Gasteiger partial charge >= 0.3 is 5.97 Å². The van der Waals surface area contributed by atoms with E-state index < -0.39 is 60.3 Å². The maximum Gasteiger partial charge on any atom is 0.331 e. The number of carbonyl (C=O) groups is 3. The molecule has 0 aromatic carbocycles. The van der Waals surface area contributed by atoms with Crippen molar-refractivity contribution in [2.45, 2.75) is 148 Å². The average Bonchev–Trinajstić information content (AvgIpc) is 3.18. The molecule has 320 valence electrons. The van der Waals surface area contributed by atoms with E-state index in [2.05, 4.69) is 6.08 Å². The number of aliphatic hydroxyl groups is 3. The highest BCUT2D eigenvalue weighted by molar-refractivity contribution is 5.82. The molecule has 0 aromatic rings. The molecule has 2 rings (SSSR count). The summed E-state index contributed by atoms with van der Waals surface area (Å²) in [6, 6.07) is 0. The van der Waals surface area contributed by atoms with E-state index in [0.717, 1.165) is 12.0 Å². The van der Waals surface area contributed by atoms with Crippen LogP contribution in [-0.4, -0.2) is 122 Å². The van der Waals surface area contributed by atoms with Crippen molar-refractivity contribution >= 4 is 18.2 Å². The molecule has 0 unspecified atom stereocenters. The Balaban J connectivity index is 2.31. The number of carbonyl (C=O) groups excluding carboxylic acids is 3. The Morgan fingerprint density at radius 3 is 2.29 bits per heavy atom. The molecule has 0 spiro atoms. The number of cyclic esters (lactones) is 1. The number of hydrogen-bond acceptors (Lipinski definition) is 11. The van der Waals surface area contributed by atoms with Crippen molar-refractivity contribution in [3.63, 3.8) is 0 Å². The van der Waals surface area contributed by atoms with Gasteiger partial charge in [0.2, 0.25) is 6.41 Å². The van der Waals surface area contributed by atoms with Crippen molar-refractivity contribution in [3.05, 3.63) is 48.2 Å². The van der Waals surface area contributed by atoms with Gasteiger partial charge in [-0.15, -0.1) is 0 Å². The van der Waals surface area contributed by atoms with Gasteiger partial charge in [-0.05, 0) is 32.1 Å². The minimum absolute atomic E-state index is 0.00759. The number of esters is 1. The van der Waals surface area contributed by atoms with E-state index in [4.69, 9.17) is 23.7 Å². The minimum Gasteiger partial charge on any atom is -0.458 e. The molecule has 0 saturated carbocycles. The van der Waals surface area contributed by atoms with Crippen molar-refractivity contribution in [1.29, 1.82) is 0 Å². The first kappa shape index (κ1) is 49.4. The Morgan fingerprint density at radius 1 is 1.00 bits per heavy atom. The van der Waals surface area contributed by atoms with Crippen LogP contribution in [0.2, 0.25) is 0 Å². The van der Waals surface area contributed by atoms with Crippen LogP contribution in [0.1, 0.15) is 93.4 Å². The SMILES string of the molecule is CO[C@H]([C@H](C)/C=C/N(C)C=O)[C@@H](C)C(=O)CC[C@H](C)[C@H](O)[C@H](C)[C@H]1OC(=O)C=CC(C)=CC[C@H](O)C[C@@H]2C=CC[C@@H](C[C@H](OC)[C@@H](C)[C@@H](OC)C[C@@H](O)[C@@H]1C)O2. The third-order valence-electron chi connectivity index (χ3n) is 12.0. The third-order valence-corrected chi connectivity index (χ3v) is 12.0. The molecule has 15 atom stereocenters. The highest BCUT2D eigenvalue weighted by Crippen LogP contribution is 2.33. The van der Waals surface area contributed by atoms with Crippen molar-refractivity contribution < 1.29 is 53.4 Å². The number of methoxy groups -OCH3 is 3.